The van der Waals surface area contributed by atoms with Crippen molar-refractivity contribution in [3.05, 3.63) is 0 Å². The maximum Gasteiger partial charge on any atom is 0.327 e. The van der Waals surface area contributed by atoms with Crippen LogP contribution in [0, 0.1) is 0 Å². The zero-order chi connectivity index (χ0) is 11.6. The number of likely N-dealkylation sites (tertiary alicyclic amines) is 1. The number of primary amides is 1. The van der Waals surface area contributed by atoms with Gasteiger partial charge >= 0.3 is 5.97 Å². The van der Waals surface area contributed by atoms with Gasteiger partial charge in [-0.2, -0.15) is 0 Å². The van der Waals surface area contributed by atoms with Crippen LogP contribution < -0.4 is 5.73 Å². The Labute approximate surface area is 84.8 Å². The number of hydrogen-bond acceptors (Lipinski definition) is 4. The van der Waals surface area contributed by atoms with Crippen molar-refractivity contribution in [1.82, 2.24) is 4.90 Å². The Hall–Kier alpha value is -1.92. The van der Waals surface area contributed by atoms with Crippen LogP contribution in [0.25, 0.3) is 0 Å². The number of hydrogen-bond donors (Lipinski definition) is 2. The van der Waals surface area contributed by atoms with E-state index in [9.17, 15) is 19.2 Å². The summed E-state index contributed by atoms with van der Waals surface area (Å²) in [5, 5.41) is 8.76. The van der Waals surface area contributed by atoms with Crippen molar-refractivity contribution >= 4 is 23.7 Å². The largest absolute Gasteiger partial charge is 0.480 e. The first kappa shape index (κ1) is 11.2. The topological polar surface area (TPSA) is 118 Å². The minimum atomic E-state index is -1.47. The van der Waals surface area contributed by atoms with Crippen LogP contribution in [0.3, 0.4) is 0 Å². The van der Waals surface area contributed by atoms with E-state index in [1.807, 2.05) is 0 Å². The van der Waals surface area contributed by atoms with Gasteiger partial charge in [0.25, 0.3) is 0 Å². The molecule has 0 spiro atoms. The monoisotopic (exact) mass is 214 g/mol. The number of nitrogens with two attached hydrogens (primary N) is 1. The molecule has 7 heteroatoms. The Kier molecular flexibility index (Phi) is 3.03. The lowest BCUT2D eigenvalue weighted by Crippen LogP contribution is -2.46. The van der Waals surface area contributed by atoms with Gasteiger partial charge in [-0.15, -0.1) is 0 Å². The summed E-state index contributed by atoms with van der Waals surface area (Å²) in [6.07, 6.45) is -0.574. The lowest BCUT2D eigenvalue weighted by Gasteiger charge is -2.20. The van der Waals surface area contributed by atoms with Crippen molar-refractivity contribution < 1.29 is 24.3 Å². The lowest BCUT2D eigenvalue weighted by molar-refractivity contribution is -0.155. The molecule has 3 amide bonds. The number of imide groups is 1. The molecular formula is C8H10N2O5. The normalized spacial score (nSPS) is 18.0. The van der Waals surface area contributed by atoms with Crippen molar-refractivity contribution in [2.24, 2.45) is 5.73 Å². The third-order valence-electron chi connectivity index (χ3n) is 2.08. The van der Waals surface area contributed by atoms with Crippen molar-refractivity contribution in [3.8, 4) is 0 Å². The highest BCUT2D eigenvalue weighted by Gasteiger charge is 2.39. The zero-order valence-corrected chi connectivity index (χ0v) is 7.80. The van der Waals surface area contributed by atoms with E-state index in [1.54, 1.807) is 0 Å². The van der Waals surface area contributed by atoms with Gasteiger partial charge in [0.15, 0.2) is 0 Å². The quantitative estimate of drug-likeness (QED) is 0.550. The maximum absolute atomic E-state index is 11.2. The number of carboxylic acid groups (broad SMARTS) is 1. The molecule has 1 rings (SSSR count). The van der Waals surface area contributed by atoms with Crippen LogP contribution in [-0.4, -0.2) is 39.7 Å². The highest BCUT2D eigenvalue weighted by Crippen LogP contribution is 2.17. The fourth-order valence-electron chi connectivity index (χ4n) is 1.42. The standard InChI is InChI=1S/C8H10N2O5/c9-5(11)3-4(8(14)15)10-6(12)1-2-7(10)13/h4H,1-3H2,(H2,9,11)(H,14,15)/t4-/m1/s1. The molecular weight excluding hydrogens is 204 g/mol. The van der Waals surface area contributed by atoms with Gasteiger partial charge in [0, 0.05) is 12.8 Å². The van der Waals surface area contributed by atoms with Crippen molar-refractivity contribution in [3.63, 3.8) is 0 Å². The molecule has 0 radical (unpaired) electrons. The van der Waals surface area contributed by atoms with E-state index in [0.29, 0.717) is 4.90 Å². The van der Waals surface area contributed by atoms with E-state index in [-0.39, 0.29) is 12.8 Å². The molecule has 0 aromatic rings. The number of aliphatic carboxylic acids is 1. The third kappa shape index (κ3) is 2.30. The van der Waals surface area contributed by atoms with E-state index < -0.39 is 36.2 Å². The fourth-order valence-corrected chi connectivity index (χ4v) is 1.42. The molecule has 1 aliphatic rings. The Morgan fingerprint density at radius 3 is 2.13 bits per heavy atom. The molecule has 0 aliphatic carbocycles. The first-order chi connectivity index (χ1) is 6.93. The summed E-state index contributed by atoms with van der Waals surface area (Å²) in [5.41, 5.74) is 4.84. The van der Waals surface area contributed by atoms with Gasteiger partial charge in [-0.05, 0) is 0 Å². The second-order valence-electron chi connectivity index (χ2n) is 3.18. The lowest BCUT2D eigenvalue weighted by atomic mass is 10.2. The van der Waals surface area contributed by atoms with Gasteiger partial charge in [0.1, 0.15) is 6.04 Å². The van der Waals surface area contributed by atoms with E-state index >= 15 is 0 Å². The fraction of sp³-hybridized carbons (Fsp3) is 0.500. The van der Waals surface area contributed by atoms with Gasteiger partial charge in [-0.25, -0.2) is 4.79 Å². The molecule has 15 heavy (non-hydrogen) atoms. The number of carboxylic acids is 1. The molecule has 0 aromatic carbocycles. The summed E-state index contributed by atoms with van der Waals surface area (Å²) in [6.45, 7) is 0. The second-order valence-corrected chi connectivity index (χ2v) is 3.18. The van der Waals surface area contributed by atoms with Crippen LogP contribution >= 0.6 is 0 Å². The maximum atomic E-state index is 11.2. The van der Waals surface area contributed by atoms with E-state index in [4.69, 9.17) is 10.8 Å². The van der Waals surface area contributed by atoms with Gasteiger partial charge < -0.3 is 10.8 Å². The molecule has 0 aromatic heterocycles. The van der Waals surface area contributed by atoms with Gasteiger partial charge in [-0.1, -0.05) is 0 Å². The molecule has 7 nitrogen and oxygen atoms in total. The summed E-state index contributed by atoms with van der Waals surface area (Å²) >= 11 is 0. The predicted molar refractivity (Wildman–Crippen MR) is 46.3 cm³/mol. The Morgan fingerprint density at radius 1 is 1.33 bits per heavy atom. The first-order valence-electron chi connectivity index (χ1n) is 4.29. The van der Waals surface area contributed by atoms with Crippen molar-refractivity contribution in [1.29, 1.82) is 0 Å². The van der Waals surface area contributed by atoms with Crippen LogP contribution in [0.4, 0.5) is 0 Å². The highest BCUT2D eigenvalue weighted by atomic mass is 16.4. The van der Waals surface area contributed by atoms with E-state index in [2.05, 4.69) is 0 Å². The Morgan fingerprint density at radius 2 is 1.80 bits per heavy atom. The molecule has 1 saturated heterocycles. The average Bonchev–Trinajstić information content (AvgIpc) is 2.42. The molecule has 0 bridgehead atoms. The Balaban J connectivity index is 2.88. The smallest absolute Gasteiger partial charge is 0.327 e. The minimum absolute atomic E-state index is 0.0125. The molecule has 1 heterocycles. The average molecular weight is 214 g/mol. The number of nitrogens with zero attached hydrogens (tertiary/aromatic N) is 1. The van der Waals surface area contributed by atoms with Crippen LogP contribution in [-0.2, 0) is 19.2 Å². The zero-order valence-electron chi connectivity index (χ0n) is 7.80. The molecule has 0 saturated carbocycles. The van der Waals surface area contributed by atoms with Crippen LogP contribution in [0.2, 0.25) is 0 Å². The number of amides is 3. The summed E-state index contributed by atoms with van der Waals surface area (Å²) in [5.74, 6) is -3.42. The highest BCUT2D eigenvalue weighted by molar-refractivity contribution is 6.05. The molecule has 1 fully saturated rings. The number of carbonyl (C=O) groups excluding carboxylic acids is 3. The minimum Gasteiger partial charge on any atom is -0.480 e. The van der Waals surface area contributed by atoms with E-state index in [0.717, 1.165) is 0 Å². The van der Waals surface area contributed by atoms with Crippen LogP contribution in [0.1, 0.15) is 19.3 Å². The first-order valence-corrected chi connectivity index (χ1v) is 4.29. The third-order valence-corrected chi connectivity index (χ3v) is 2.08. The Bertz CT molecular complexity index is 322. The molecule has 0 unspecified atom stereocenters. The summed E-state index contributed by atoms with van der Waals surface area (Å²) < 4.78 is 0. The summed E-state index contributed by atoms with van der Waals surface area (Å²) in [7, 11) is 0. The summed E-state index contributed by atoms with van der Waals surface area (Å²) in [4.78, 5) is 44.4. The number of carbonyl (C=O) groups is 4. The summed E-state index contributed by atoms with van der Waals surface area (Å²) in [6, 6.07) is -1.47. The van der Waals surface area contributed by atoms with Crippen molar-refractivity contribution in [2.75, 3.05) is 0 Å². The van der Waals surface area contributed by atoms with E-state index in [1.165, 1.54) is 0 Å². The van der Waals surface area contributed by atoms with Crippen LogP contribution in [0.15, 0.2) is 0 Å². The predicted octanol–water partition coefficient (Wildman–Crippen LogP) is -1.54. The molecule has 3 N–H and O–H groups in total. The van der Waals surface area contributed by atoms with Crippen molar-refractivity contribution in [2.45, 2.75) is 25.3 Å². The second kappa shape index (κ2) is 4.07. The molecule has 1 atom stereocenters. The number of rotatable bonds is 4. The van der Waals surface area contributed by atoms with Gasteiger partial charge in [0.05, 0.1) is 6.42 Å². The van der Waals surface area contributed by atoms with Gasteiger partial charge in [0.2, 0.25) is 17.7 Å². The van der Waals surface area contributed by atoms with Crippen LogP contribution in [0.5, 0.6) is 0 Å². The molecule has 1 aliphatic heterocycles. The molecule has 82 valence electrons. The SMILES string of the molecule is NC(=O)C[C@H](C(=O)O)N1C(=O)CCC1=O. The van der Waals surface area contributed by atoms with Gasteiger partial charge in [-0.3, -0.25) is 19.3 Å².